The van der Waals surface area contributed by atoms with Crippen LogP contribution in [0.3, 0.4) is 0 Å². The van der Waals surface area contributed by atoms with E-state index in [4.69, 9.17) is 4.74 Å². The first-order chi connectivity index (χ1) is 9.76. The fraction of sp³-hybridized carbons (Fsp3) is 0.600. The van der Waals surface area contributed by atoms with Crippen LogP contribution in [0.5, 0.6) is 0 Å². The lowest BCUT2D eigenvalue weighted by Crippen LogP contribution is -2.40. The molecule has 1 fully saturated rings. The van der Waals surface area contributed by atoms with Gasteiger partial charge in [-0.25, -0.2) is 9.78 Å². The maximum absolute atomic E-state index is 11.8. The second kappa shape index (κ2) is 6.22. The third-order valence-electron chi connectivity index (χ3n) is 3.27. The molecule has 1 atom stereocenters. The number of carbonyl (C=O) groups is 1. The molecule has 5 nitrogen and oxygen atoms in total. The number of nitrogens with zero attached hydrogens (tertiary/aromatic N) is 2. The molecule has 0 saturated carbocycles. The summed E-state index contributed by atoms with van der Waals surface area (Å²) in [7, 11) is 0. The number of aryl methyl sites for hydroxylation is 1. The van der Waals surface area contributed by atoms with Gasteiger partial charge in [0.1, 0.15) is 11.4 Å². The number of alkyl carbamates (subject to hydrolysis) is 1. The number of hydrogen-bond acceptors (Lipinski definition) is 4. The molecule has 6 heteroatoms. The van der Waals surface area contributed by atoms with Crippen LogP contribution in [0.2, 0.25) is 0 Å². The van der Waals surface area contributed by atoms with Gasteiger partial charge in [0.15, 0.2) is 0 Å². The van der Waals surface area contributed by atoms with Crippen molar-refractivity contribution in [3.8, 4) is 0 Å². The lowest BCUT2D eigenvalue weighted by Gasteiger charge is -2.22. The molecule has 2 heterocycles. The van der Waals surface area contributed by atoms with Gasteiger partial charge in [-0.1, -0.05) is 0 Å². The largest absolute Gasteiger partial charge is 0.444 e. The van der Waals surface area contributed by atoms with Crippen LogP contribution in [0.25, 0.3) is 0 Å². The van der Waals surface area contributed by atoms with Crippen LogP contribution in [0.4, 0.5) is 10.6 Å². The van der Waals surface area contributed by atoms with Crippen molar-refractivity contribution < 1.29 is 9.53 Å². The van der Waals surface area contributed by atoms with Crippen LogP contribution in [0.15, 0.2) is 16.7 Å². The minimum absolute atomic E-state index is 0.0917. The van der Waals surface area contributed by atoms with Gasteiger partial charge in [-0.2, -0.15) is 0 Å². The summed E-state index contributed by atoms with van der Waals surface area (Å²) in [6.45, 7) is 9.25. The first kappa shape index (κ1) is 16.1. The van der Waals surface area contributed by atoms with Gasteiger partial charge in [0.05, 0.1) is 10.5 Å². The number of halogens is 1. The normalized spacial score (nSPS) is 18.7. The lowest BCUT2D eigenvalue weighted by molar-refractivity contribution is 0.0509. The number of amides is 1. The average molecular weight is 356 g/mol. The molecule has 2 rings (SSSR count). The summed E-state index contributed by atoms with van der Waals surface area (Å²) in [6, 6.07) is 2.06. The zero-order chi connectivity index (χ0) is 15.6. The molecular weight excluding hydrogens is 334 g/mol. The topological polar surface area (TPSA) is 54.5 Å². The third kappa shape index (κ3) is 4.33. The summed E-state index contributed by atoms with van der Waals surface area (Å²) in [4.78, 5) is 18.4. The number of rotatable bonds is 2. The Hall–Kier alpha value is -1.30. The number of anilines is 1. The number of pyridine rings is 1. The van der Waals surface area contributed by atoms with Crippen LogP contribution < -0.4 is 10.2 Å². The Balaban J connectivity index is 1.95. The fourth-order valence-electron chi connectivity index (χ4n) is 2.29. The quantitative estimate of drug-likeness (QED) is 0.884. The third-order valence-corrected chi connectivity index (χ3v) is 4.25. The summed E-state index contributed by atoms with van der Waals surface area (Å²) < 4.78 is 6.31. The van der Waals surface area contributed by atoms with E-state index in [1.807, 2.05) is 40.0 Å². The highest BCUT2D eigenvalue weighted by Gasteiger charge is 2.27. The van der Waals surface area contributed by atoms with Crippen molar-refractivity contribution in [3.63, 3.8) is 0 Å². The standard InChI is InChI=1S/C15H22BrN3O2/c1-10-5-7-17-13(12(10)16)19-8-6-11(9-19)18-14(20)21-15(2,3)4/h5,7,11H,6,8-9H2,1-4H3,(H,18,20). The van der Waals surface area contributed by atoms with Crippen molar-refractivity contribution in [1.29, 1.82) is 0 Å². The molecule has 1 aromatic rings. The van der Waals surface area contributed by atoms with E-state index >= 15 is 0 Å². The monoisotopic (exact) mass is 355 g/mol. The molecule has 0 spiro atoms. The van der Waals surface area contributed by atoms with Crippen molar-refractivity contribution >= 4 is 27.8 Å². The van der Waals surface area contributed by atoms with Crippen molar-refractivity contribution in [2.75, 3.05) is 18.0 Å². The first-order valence-corrected chi connectivity index (χ1v) is 7.91. The number of aromatic nitrogens is 1. The van der Waals surface area contributed by atoms with E-state index in [2.05, 4.69) is 31.1 Å². The van der Waals surface area contributed by atoms with Crippen LogP contribution in [-0.2, 0) is 4.74 Å². The summed E-state index contributed by atoms with van der Waals surface area (Å²) in [5, 5.41) is 2.92. The van der Waals surface area contributed by atoms with E-state index in [9.17, 15) is 4.79 Å². The predicted molar refractivity (Wildman–Crippen MR) is 86.7 cm³/mol. The van der Waals surface area contributed by atoms with Gasteiger partial charge < -0.3 is 15.0 Å². The molecule has 116 valence electrons. The highest BCUT2D eigenvalue weighted by Crippen LogP contribution is 2.29. The van der Waals surface area contributed by atoms with Crippen molar-refractivity contribution in [2.24, 2.45) is 0 Å². The van der Waals surface area contributed by atoms with Crippen LogP contribution in [0.1, 0.15) is 32.8 Å². The molecule has 1 aliphatic rings. The van der Waals surface area contributed by atoms with Crippen LogP contribution >= 0.6 is 15.9 Å². The summed E-state index contributed by atoms with van der Waals surface area (Å²) >= 11 is 3.58. The molecule has 1 amide bonds. The Morgan fingerprint density at radius 2 is 2.24 bits per heavy atom. The van der Waals surface area contributed by atoms with Gasteiger partial charge in [0, 0.05) is 19.3 Å². The van der Waals surface area contributed by atoms with E-state index in [0.29, 0.717) is 0 Å². The summed E-state index contributed by atoms with van der Waals surface area (Å²) in [5.74, 6) is 0.934. The molecule has 1 N–H and O–H groups in total. The molecule has 0 bridgehead atoms. The SMILES string of the molecule is Cc1ccnc(N2CCC(NC(=O)OC(C)(C)C)C2)c1Br. The minimum atomic E-state index is -0.469. The van der Waals surface area contributed by atoms with E-state index < -0.39 is 5.60 Å². The van der Waals surface area contributed by atoms with E-state index in [0.717, 1.165) is 35.4 Å². The zero-order valence-electron chi connectivity index (χ0n) is 12.9. The molecule has 21 heavy (non-hydrogen) atoms. The van der Waals surface area contributed by atoms with Crippen molar-refractivity contribution in [2.45, 2.75) is 45.8 Å². The smallest absolute Gasteiger partial charge is 0.407 e. The predicted octanol–water partition coefficient (Wildman–Crippen LogP) is 3.26. The molecule has 1 saturated heterocycles. The van der Waals surface area contributed by atoms with Gasteiger partial charge in [-0.3, -0.25) is 0 Å². The van der Waals surface area contributed by atoms with Gasteiger partial charge in [-0.05, 0) is 61.7 Å². The molecule has 1 aliphatic heterocycles. The van der Waals surface area contributed by atoms with E-state index in [1.165, 1.54) is 0 Å². The van der Waals surface area contributed by atoms with Crippen molar-refractivity contribution in [1.82, 2.24) is 10.3 Å². The highest BCUT2D eigenvalue weighted by atomic mass is 79.9. The number of ether oxygens (including phenoxy) is 1. The Morgan fingerprint density at radius 1 is 1.52 bits per heavy atom. The summed E-state index contributed by atoms with van der Waals surface area (Å²) in [5.41, 5.74) is 0.687. The van der Waals surface area contributed by atoms with Crippen LogP contribution in [0, 0.1) is 6.92 Å². The highest BCUT2D eigenvalue weighted by molar-refractivity contribution is 9.10. The minimum Gasteiger partial charge on any atom is -0.444 e. The number of nitrogens with one attached hydrogen (secondary N) is 1. The van der Waals surface area contributed by atoms with Crippen molar-refractivity contribution in [3.05, 3.63) is 22.3 Å². The maximum atomic E-state index is 11.8. The first-order valence-electron chi connectivity index (χ1n) is 7.12. The molecule has 1 unspecified atom stereocenters. The Labute approximate surface area is 134 Å². The van der Waals surface area contributed by atoms with E-state index in [-0.39, 0.29) is 12.1 Å². The second-order valence-corrected chi connectivity index (χ2v) is 7.14. The Morgan fingerprint density at radius 3 is 2.90 bits per heavy atom. The molecule has 0 aromatic carbocycles. The molecule has 1 aromatic heterocycles. The fourth-order valence-corrected chi connectivity index (χ4v) is 2.78. The Bertz CT molecular complexity index is 528. The number of carbonyl (C=O) groups excluding carboxylic acids is 1. The van der Waals surface area contributed by atoms with Crippen LogP contribution in [-0.4, -0.2) is 35.8 Å². The second-order valence-electron chi connectivity index (χ2n) is 6.34. The van der Waals surface area contributed by atoms with Gasteiger partial charge >= 0.3 is 6.09 Å². The van der Waals surface area contributed by atoms with Gasteiger partial charge in [-0.15, -0.1) is 0 Å². The lowest BCUT2D eigenvalue weighted by atomic mass is 10.2. The van der Waals surface area contributed by atoms with E-state index in [1.54, 1.807) is 0 Å². The zero-order valence-corrected chi connectivity index (χ0v) is 14.5. The average Bonchev–Trinajstić information content (AvgIpc) is 2.78. The maximum Gasteiger partial charge on any atom is 0.407 e. The van der Waals surface area contributed by atoms with Gasteiger partial charge in [0.2, 0.25) is 0 Å². The molecular formula is C15H22BrN3O2. The van der Waals surface area contributed by atoms with Gasteiger partial charge in [0.25, 0.3) is 0 Å². The molecule has 0 aliphatic carbocycles. The number of hydrogen-bond donors (Lipinski definition) is 1. The summed E-state index contributed by atoms with van der Waals surface area (Å²) in [6.07, 6.45) is 2.34. The molecule has 0 radical (unpaired) electrons. The Kier molecular flexibility index (Phi) is 4.76.